The molecule has 0 atom stereocenters. The molecule has 0 radical (unpaired) electrons. The van der Waals surface area contributed by atoms with E-state index in [-0.39, 0.29) is 0 Å². The van der Waals surface area contributed by atoms with Gasteiger partial charge in [-0.05, 0) is 48.6 Å². The zero-order valence-corrected chi connectivity index (χ0v) is 11.8. The van der Waals surface area contributed by atoms with Crippen LogP contribution in [0.3, 0.4) is 0 Å². The Morgan fingerprint density at radius 3 is 2.95 bits per heavy atom. The van der Waals surface area contributed by atoms with Gasteiger partial charge in [-0.2, -0.15) is 0 Å². The molecule has 0 spiro atoms. The summed E-state index contributed by atoms with van der Waals surface area (Å²) < 4.78 is 2.14. The maximum atomic E-state index is 6.07. The number of aromatic nitrogens is 3. The zero-order valence-electron chi connectivity index (χ0n) is 11.0. The van der Waals surface area contributed by atoms with Crippen LogP contribution in [0.25, 0.3) is 16.7 Å². The number of halogens is 1. The topological polar surface area (TPSA) is 30.7 Å². The molecule has 2 heterocycles. The minimum atomic E-state index is 0.395. The molecule has 2 aromatic heterocycles. The van der Waals surface area contributed by atoms with Gasteiger partial charge in [0.25, 0.3) is 0 Å². The molecule has 20 heavy (non-hydrogen) atoms. The lowest BCUT2D eigenvalue weighted by Gasteiger charge is -2.10. The van der Waals surface area contributed by atoms with Gasteiger partial charge in [0.2, 0.25) is 0 Å². The number of rotatable bonds is 2. The number of hydrogen-bond donors (Lipinski definition) is 0. The summed E-state index contributed by atoms with van der Waals surface area (Å²) in [5, 5.41) is 0. The molecule has 100 valence electrons. The van der Waals surface area contributed by atoms with Gasteiger partial charge in [-0.15, -0.1) is 11.6 Å². The summed E-state index contributed by atoms with van der Waals surface area (Å²) in [4.78, 5) is 8.70. The van der Waals surface area contributed by atoms with Gasteiger partial charge in [-0.3, -0.25) is 9.55 Å². The van der Waals surface area contributed by atoms with Crippen LogP contribution in [0.1, 0.15) is 23.4 Å². The van der Waals surface area contributed by atoms with Crippen LogP contribution in [0, 0.1) is 0 Å². The predicted molar refractivity (Wildman–Crippen MR) is 80.4 cm³/mol. The number of aryl methyl sites for hydroxylation is 2. The van der Waals surface area contributed by atoms with Crippen molar-refractivity contribution in [3.63, 3.8) is 0 Å². The lowest BCUT2D eigenvalue weighted by atomic mass is 10.1. The van der Waals surface area contributed by atoms with Crippen LogP contribution in [0.4, 0.5) is 0 Å². The van der Waals surface area contributed by atoms with Crippen LogP contribution in [0.2, 0.25) is 0 Å². The van der Waals surface area contributed by atoms with Crippen molar-refractivity contribution in [2.24, 2.45) is 0 Å². The van der Waals surface area contributed by atoms with E-state index in [2.05, 4.69) is 32.7 Å². The molecular formula is C16H14ClN3. The van der Waals surface area contributed by atoms with Crippen molar-refractivity contribution in [1.82, 2.24) is 14.5 Å². The number of hydrogen-bond acceptors (Lipinski definition) is 2. The van der Waals surface area contributed by atoms with Gasteiger partial charge in [-0.1, -0.05) is 6.07 Å². The summed E-state index contributed by atoms with van der Waals surface area (Å²) in [5.41, 5.74) is 6.04. The molecule has 3 nitrogen and oxygen atoms in total. The number of pyridine rings is 1. The average molecular weight is 284 g/mol. The third-order valence-electron chi connectivity index (χ3n) is 3.99. The smallest absolute Gasteiger partial charge is 0.129 e. The quantitative estimate of drug-likeness (QED) is 0.672. The van der Waals surface area contributed by atoms with E-state index in [1.807, 2.05) is 6.07 Å². The molecule has 0 saturated carbocycles. The van der Waals surface area contributed by atoms with Crippen molar-refractivity contribution in [3.05, 3.63) is 53.6 Å². The molecule has 4 rings (SSSR count). The summed E-state index contributed by atoms with van der Waals surface area (Å²) in [6.07, 6.45) is 7.22. The highest BCUT2D eigenvalue weighted by Crippen LogP contribution is 2.27. The number of nitrogens with zero attached hydrogens (tertiary/aromatic N) is 3. The fourth-order valence-corrected chi connectivity index (χ4v) is 3.24. The third kappa shape index (κ3) is 1.74. The van der Waals surface area contributed by atoms with E-state index in [4.69, 9.17) is 11.6 Å². The Balaban J connectivity index is 1.97. The highest BCUT2D eigenvalue weighted by Gasteiger charge is 2.15. The van der Waals surface area contributed by atoms with Gasteiger partial charge in [0.05, 0.1) is 17.6 Å². The molecule has 0 bridgehead atoms. The highest BCUT2D eigenvalue weighted by molar-refractivity contribution is 6.17. The lowest BCUT2D eigenvalue weighted by Crippen LogP contribution is -2.00. The van der Waals surface area contributed by atoms with Gasteiger partial charge >= 0.3 is 0 Å². The molecule has 0 saturated heterocycles. The molecule has 1 aliphatic rings. The molecule has 0 amide bonds. The lowest BCUT2D eigenvalue weighted by molar-refractivity contribution is 0.911. The van der Waals surface area contributed by atoms with E-state index in [1.165, 1.54) is 30.4 Å². The second-order valence-corrected chi connectivity index (χ2v) is 5.44. The van der Waals surface area contributed by atoms with Crippen molar-refractivity contribution in [2.45, 2.75) is 25.1 Å². The Morgan fingerprint density at radius 1 is 1.15 bits per heavy atom. The van der Waals surface area contributed by atoms with Gasteiger partial charge in [0, 0.05) is 11.9 Å². The fourth-order valence-electron chi connectivity index (χ4n) is 3.06. The molecule has 4 heteroatoms. The number of alkyl halides is 1. The second kappa shape index (κ2) is 4.60. The maximum absolute atomic E-state index is 6.07. The van der Waals surface area contributed by atoms with Gasteiger partial charge < -0.3 is 0 Å². The van der Waals surface area contributed by atoms with Crippen molar-refractivity contribution in [3.8, 4) is 5.69 Å². The standard InChI is InChI=1S/C16H14ClN3/c17-9-16-19-14-10-18-7-6-15(14)20(16)13-5-4-11-2-1-3-12(11)8-13/h4-8,10H,1-3,9H2. The Kier molecular flexibility index (Phi) is 2.74. The summed E-state index contributed by atoms with van der Waals surface area (Å²) >= 11 is 6.07. The van der Waals surface area contributed by atoms with E-state index in [1.54, 1.807) is 12.4 Å². The first-order valence-corrected chi connectivity index (χ1v) is 7.40. The minimum Gasteiger partial charge on any atom is -0.295 e. The number of imidazole rings is 1. The van der Waals surface area contributed by atoms with E-state index >= 15 is 0 Å². The van der Waals surface area contributed by atoms with Gasteiger partial charge in [0.1, 0.15) is 11.3 Å². The van der Waals surface area contributed by atoms with Crippen LogP contribution in [-0.2, 0) is 18.7 Å². The first-order valence-electron chi connectivity index (χ1n) is 6.86. The van der Waals surface area contributed by atoms with E-state index in [0.717, 1.165) is 22.5 Å². The van der Waals surface area contributed by atoms with Crippen LogP contribution >= 0.6 is 11.6 Å². The average Bonchev–Trinajstić information content (AvgIpc) is 3.09. The molecule has 3 aromatic rings. The van der Waals surface area contributed by atoms with Crippen molar-refractivity contribution in [1.29, 1.82) is 0 Å². The second-order valence-electron chi connectivity index (χ2n) is 5.17. The molecule has 0 N–H and O–H groups in total. The number of benzene rings is 1. The normalized spacial score (nSPS) is 13.8. The third-order valence-corrected chi connectivity index (χ3v) is 4.23. The van der Waals surface area contributed by atoms with E-state index in [0.29, 0.717) is 5.88 Å². The van der Waals surface area contributed by atoms with Crippen LogP contribution in [-0.4, -0.2) is 14.5 Å². The molecule has 0 fully saturated rings. The minimum absolute atomic E-state index is 0.395. The largest absolute Gasteiger partial charge is 0.295 e. The van der Waals surface area contributed by atoms with Gasteiger partial charge in [-0.25, -0.2) is 4.98 Å². The summed E-state index contributed by atoms with van der Waals surface area (Å²) in [6.45, 7) is 0. The zero-order chi connectivity index (χ0) is 13.5. The van der Waals surface area contributed by atoms with E-state index < -0.39 is 0 Å². The van der Waals surface area contributed by atoms with Crippen molar-refractivity contribution < 1.29 is 0 Å². The first kappa shape index (κ1) is 11.9. The predicted octanol–water partition coefficient (Wildman–Crippen LogP) is 3.65. The Morgan fingerprint density at radius 2 is 2.05 bits per heavy atom. The van der Waals surface area contributed by atoms with Gasteiger partial charge in [0.15, 0.2) is 0 Å². The van der Waals surface area contributed by atoms with Crippen molar-refractivity contribution in [2.75, 3.05) is 0 Å². The van der Waals surface area contributed by atoms with Crippen LogP contribution in [0.15, 0.2) is 36.7 Å². The summed E-state index contributed by atoms with van der Waals surface area (Å²) in [7, 11) is 0. The maximum Gasteiger partial charge on any atom is 0.129 e. The highest BCUT2D eigenvalue weighted by atomic mass is 35.5. The molecule has 0 unspecified atom stereocenters. The molecular weight excluding hydrogens is 270 g/mol. The van der Waals surface area contributed by atoms with Crippen molar-refractivity contribution >= 4 is 22.6 Å². The molecule has 0 aliphatic heterocycles. The Hall–Kier alpha value is -1.87. The molecule has 1 aliphatic carbocycles. The summed E-state index contributed by atoms with van der Waals surface area (Å²) in [6, 6.07) is 8.68. The SMILES string of the molecule is ClCc1nc2cnccc2n1-c1ccc2c(c1)CCC2. The van der Waals surface area contributed by atoms with Crippen LogP contribution in [0.5, 0.6) is 0 Å². The monoisotopic (exact) mass is 283 g/mol. The fraction of sp³-hybridized carbons (Fsp3) is 0.250. The van der Waals surface area contributed by atoms with E-state index in [9.17, 15) is 0 Å². The Bertz CT molecular complexity index is 792. The Labute approximate surface area is 122 Å². The van der Waals surface area contributed by atoms with Crippen LogP contribution < -0.4 is 0 Å². The molecule has 1 aromatic carbocycles. The number of fused-ring (bicyclic) bond motifs is 2. The first-order chi connectivity index (χ1) is 9.86. The summed E-state index contributed by atoms with van der Waals surface area (Å²) in [5.74, 6) is 1.26.